The first-order valence-electron chi connectivity index (χ1n) is 6.25. The number of hydrogen-bond acceptors (Lipinski definition) is 4. The van der Waals surface area contributed by atoms with Crippen molar-refractivity contribution >= 4 is 5.69 Å². The van der Waals surface area contributed by atoms with E-state index >= 15 is 0 Å². The van der Waals surface area contributed by atoms with Crippen molar-refractivity contribution in [2.75, 3.05) is 18.4 Å². The van der Waals surface area contributed by atoms with Gasteiger partial charge in [0, 0.05) is 18.3 Å². The molecule has 1 atom stereocenters. The summed E-state index contributed by atoms with van der Waals surface area (Å²) in [5.41, 5.74) is 1.76. The summed E-state index contributed by atoms with van der Waals surface area (Å²) in [6, 6.07) is 9.84. The molecule has 2 N–H and O–H groups in total. The summed E-state index contributed by atoms with van der Waals surface area (Å²) in [5, 5.41) is 24.6. The maximum Gasteiger partial charge on any atom is 0.101 e. The molecule has 4 nitrogen and oxygen atoms in total. The summed E-state index contributed by atoms with van der Waals surface area (Å²) < 4.78 is 0. The van der Waals surface area contributed by atoms with Gasteiger partial charge in [-0.25, -0.2) is 0 Å². The van der Waals surface area contributed by atoms with Crippen LogP contribution in [0.4, 0.5) is 5.69 Å². The Bertz CT molecular complexity index is 489. The van der Waals surface area contributed by atoms with E-state index in [1.165, 1.54) is 19.3 Å². The second-order valence-corrected chi connectivity index (χ2v) is 4.51. The molecule has 2 rings (SSSR count). The van der Waals surface area contributed by atoms with Crippen LogP contribution < -0.4 is 10.6 Å². The zero-order valence-electron chi connectivity index (χ0n) is 10.2. The highest BCUT2D eigenvalue weighted by molar-refractivity contribution is 5.56. The average molecular weight is 240 g/mol. The number of nitrogens with zero attached hydrogens (tertiary/aromatic N) is 2. The lowest BCUT2D eigenvalue weighted by molar-refractivity contribution is 0.414. The second-order valence-electron chi connectivity index (χ2n) is 4.51. The van der Waals surface area contributed by atoms with Crippen molar-refractivity contribution in [3.05, 3.63) is 29.3 Å². The van der Waals surface area contributed by atoms with E-state index in [0.29, 0.717) is 17.2 Å². The molecule has 1 aliphatic rings. The summed E-state index contributed by atoms with van der Waals surface area (Å²) in [4.78, 5) is 0. The van der Waals surface area contributed by atoms with Crippen LogP contribution in [-0.4, -0.2) is 19.1 Å². The van der Waals surface area contributed by atoms with Crippen LogP contribution in [0.3, 0.4) is 0 Å². The van der Waals surface area contributed by atoms with Crippen molar-refractivity contribution in [1.29, 1.82) is 10.5 Å². The molecule has 18 heavy (non-hydrogen) atoms. The lowest BCUT2D eigenvalue weighted by Gasteiger charge is -2.24. The van der Waals surface area contributed by atoms with E-state index in [0.717, 1.165) is 18.8 Å². The van der Waals surface area contributed by atoms with E-state index in [1.54, 1.807) is 12.1 Å². The zero-order chi connectivity index (χ0) is 12.8. The number of hydrogen-bond donors (Lipinski definition) is 2. The van der Waals surface area contributed by atoms with Crippen LogP contribution in [0.2, 0.25) is 0 Å². The summed E-state index contributed by atoms with van der Waals surface area (Å²) in [7, 11) is 0. The maximum absolute atomic E-state index is 8.95. The van der Waals surface area contributed by atoms with Crippen molar-refractivity contribution in [2.45, 2.75) is 25.3 Å². The Morgan fingerprint density at radius 2 is 2.06 bits per heavy atom. The van der Waals surface area contributed by atoms with Crippen molar-refractivity contribution in [3.8, 4) is 12.1 Å². The van der Waals surface area contributed by atoms with Gasteiger partial charge in [0.25, 0.3) is 0 Å². The fraction of sp³-hybridized carbons (Fsp3) is 0.429. The van der Waals surface area contributed by atoms with Crippen LogP contribution in [0.1, 0.15) is 30.4 Å². The number of rotatable bonds is 3. The summed E-state index contributed by atoms with van der Waals surface area (Å²) in [6.07, 6.45) is 3.72. The van der Waals surface area contributed by atoms with Gasteiger partial charge in [0.15, 0.2) is 0 Å². The molecular weight excluding hydrogens is 224 g/mol. The highest BCUT2D eigenvalue weighted by Crippen LogP contribution is 2.15. The molecular formula is C14H16N4. The molecule has 0 radical (unpaired) electrons. The molecule has 92 valence electrons. The summed E-state index contributed by atoms with van der Waals surface area (Å²) in [5.74, 6) is 0. The van der Waals surface area contributed by atoms with Gasteiger partial charge < -0.3 is 10.6 Å². The quantitative estimate of drug-likeness (QED) is 0.847. The Balaban J connectivity index is 1.97. The molecule has 1 fully saturated rings. The fourth-order valence-corrected chi connectivity index (χ4v) is 2.18. The largest absolute Gasteiger partial charge is 0.383 e. The number of nitriles is 2. The normalized spacial score (nSPS) is 18.7. The molecule has 0 aromatic heterocycles. The number of piperidine rings is 1. The molecule has 1 heterocycles. The molecule has 1 unspecified atom stereocenters. The van der Waals surface area contributed by atoms with Gasteiger partial charge in [-0.3, -0.25) is 0 Å². The van der Waals surface area contributed by atoms with Gasteiger partial charge in [-0.1, -0.05) is 6.42 Å². The number of nitrogens with one attached hydrogen (secondary N) is 2. The second kappa shape index (κ2) is 6.05. The first-order valence-corrected chi connectivity index (χ1v) is 6.25. The summed E-state index contributed by atoms with van der Waals surface area (Å²) >= 11 is 0. The van der Waals surface area contributed by atoms with Crippen LogP contribution in [0, 0.1) is 22.7 Å². The van der Waals surface area contributed by atoms with Crippen molar-refractivity contribution in [2.24, 2.45) is 0 Å². The van der Waals surface area contributed by atoms with E-state index in [2.05, 4.69) is 10.6 Å². The van der Waals surface area contributed by atoms with Crippen LogP contribution in [-0.2, 0) is 0 Å². The number of benzene rings is 1. The minimum atomic E-state index is 0.429. The van der Waals surface area contributed by atoms with Gasteiger partial charge >= 0.3 is 0 Å². The van der Waals surface area contributed by atoms with E-state index in [4.69, 9.17) is 10.5 Å². The van der Waals surface area contributed by atoms with Crippen molar-refractivity contribution in [3.63, 3.8) is 0 Å². The predicted molar refractivity (Wildman–Crippen MR) is 70.0 cm³/mol. The maximum atomic E-state index is 8.95. The monoisotopic (exact) mass is 240 g/mol. The van der Waals surface area contributed by atoms with Crippen LogP contribution >= 0.6 is 0 Å². The van der Waals surface area contributed by atoms with E-state index in [1.807, 2.05) is 18.2 Å². The molecule has 1 aliphatic heterocycles. The number of anilines is 1. The molecule has 1 aromatic carbocycles. The molecule has 0 bridgehead atoms. The van der Waals surface area contributed by atoms with Gasteiger partial charge in [0.1, 0.15) is 12.1 Å². The smallest absolute Gasteiger partial charge is 0.101 e. The Kier molecular flexibility index (Phi) is 4.17. The first kappa shape index (κ1) is 12.4. The molecule has 0 amide bonds. The van der Waals surface area contributed by atoms with Gasteiger partial charge in [0.05, 0.1) is 11.1 Å². The molecule has 0 aliphatic carbocycles. The molecule has 4 heteroatoms. The van der Waals surface area contributed by atoms with E-state index < -0.39 is 0 Å². The third-order valence-corrected chi connectivity index (χ3v) is 3.23. The van der Waals surface area contributed by atoms with Crippen molar-refractivity contribution < 1.29 is 0 Å². The van der Waals surface area contributed by atoms with Gasteiger partial charge in [-0.2, -0.15) is 10.5 Å². The minimum absolute atomic E-state index is 0.429. The van der Waals surface area contributed by atoms with Gasteiger partial charge in [-0.05, 0) is 37.6 Å². The Morgan fingerprint density at radius 1 is 1.22 bits per heavy atom. The van der Waals surface area contributed by atoms with Crippen molar-refractivity contribution in [1.82, 2.24) is 5.32 Å². The predicted octanol–water partition coefficient (Wildman–Crippen LogP) is 1.98. The van der Waals surface area contributed by atoms with Gasteiger partial charge in [0.2, 0.25) is 0 Å². The van der Waals surface area contributed by atoms with E-state index in [9.17, 15) is 0 Å². The van der Waals surface area contributed by atoms with Crippen LogP contribution in [0.5, 0.6) is 0 Å². The lowest BCUT2D eigenvalue weighted by Crippen LogP contribution is -2.39. The molecule has 0 spiro atoms. The van der Waals surface area contributed by atoms with Gasteiger partial charge in [-0.15, -0.1) is 0 Å². The lowest BCUT2D eigenvalue weighted by atomic mass is 10.0. The molecule has 0 saturated carbocycles. The standard InChI is InChI=1S/C14H16N4/c15-8-11-4-5-13(7-12(11)9-16)18-10-14-3-1-2-6-17-14/h4-5,7,14,17-18H,1-3,6,10H2. The van der Waals surface area contributed by atoms with E-state index in [-0.39, 0.29) is 0 Å². The summed E-state index contributed by atoms with van der Waals surface area (Å²) in [6.45, 7) is 1.94. The highest BCUT2D eigenvalue weighted by Gasteiger charge is 2.12. The first-order chi connectivity index (χ1) is 8.83. The molecule has 1 saturated heterocycles. The zero-order valence-corrected chi connectivity index (χ0v) is 10.2. The SMILES string of the molecule is N#Cc1ccc(NCC2CCCCN2)cc1C#N. The Hall–Kier alpha value is -2.04. The third kappa shape index (κ3) is 3.00. The highest BCUT2D eigenvalue weighted by atomic mass is 15.0. The topological polar surface area (TPSA) is 71.6 Å². The fourth-order valence-electron chi connectivity index (χ4n) is 2.18. The van der Waals surface area contributed by atoms with Crippen LogP contribution in [0.15, 0.2) is 18.2 Å². The Morgan fingerprint density at radius 3 is 2.72 bits per heavy atom. The van der Waals surface area contributed by atoms with Crippen LogP contribution in [0.25, 0.3) is 0 Å². The average Bonchev–Trinajstić information content (AvgIpc) is 2.45. The third-order valence-electron chi connectivity index (χ3n) is 3.23. The Labute approximate surface area is 107 Å². The molecule has 1 aromatic rings. The minimum Gasteiger partial charge on any atom is -0.383 e.